The molecule has 8 heteroatoms. The van der Waals surface area contributed by atoms with E-state index in [4.69, 9.17) is 4.74 Å². The Morgan fingerprint density at radius 1 is 1.42 bits per heavy atom. The van der Waals surface area contributed by atoms with Crippen molar-refractivity contribution in [2.75, 3.05) is 0 Å². The van der Waals surface area contributed by atoms with Gasteiger partial charge in [0.25, 0.3) is 5.56 Å². The van der Waals surface area contributed by atoms with E-state index in [1.165, 1.54) is 27.9 Å². The third kappa shape index (κ3) is 3.13. The highest BCUT2D eigenvalue weighted by atomic mass is 32.1. The Labute approximate surface area is 141 Å². The molecule has 3 aromatic rings. The number of esters is 1. The standard InChI is InChI=1S/C16H16N4O3S/c1-10-13(11(2)19(3)18-10)4-5-15(22)23-9-12-8-14(21)20-6-7-24-16(20)17-12/h4-8H,9H2,1-3H3/b5-4+. The zero-order valence-electron chi connectivity index (χ0n) is 13.5. The Kier molecular flexibility index (Phi) is 4.30. The number of aromatic nitrogens is 4. The summed E-state index contributed by atoms with van der Waals surface area (Å²) in [6.07, 6.45) is 4.70. The first-order valence-electron chi connectivity index (χ1n) is 7.26. The molecule has 0 atom stereocenters. The quantitative estimate of drug-likeness (QED) is 0.533. The van der Waals surface area contributed by atoms with Crippen molar-refractivity contribution in [3.05, 3.63) is 56.7 Å². The average Bonchev–Trinajstić information content (AvgIpc) is 3.10. The Balaban J connectivity index is 1.68. The molecule has 0 fully saturated rings. The zero-order valence-corrected chi connectivity index (χ0v) is 14.3. The normalized spacial score (nSPS) is 11.5. The van der Waals surface area contributed by atoms with Crippen LogP contribution in [0.1, 0.15) is 22.6 Å². The van der Waals surface area contributed by atoms with E-state index in [1.54, 1.807) is 22.3 Å². The molecule has 24 heavy (non-hydrogen) atoms. The van der Waals surface area contributed by atoms with Gasteiger partial charge in [-0.25, -0.2) is 9.78 Å². The van der Waals surface area contributed by atoms with E-state index in [2.05, 4.69) is 10.1 Å². The van der Waals surface area contributed by atoms with Crippen LogP contribution in [0.4, 0.5) is 0 Å². The average molecular weight is 344 g/mol. The molecule has 7 nitrogen and oxygen atoms in total. The first kappa shape index (κ1) is 16.1. The van der Waals surface area contributed by atoms with Gasteiger partial charge in [-0.3, -0.25) is 13.9 Å². The number of aryl methyl sites for hydroxylation is 2. The van der Waals surface area contributed by atoms with Gasteiger partial charge in [0.05, 0.1) is 11.4 Å². The summed E-state index contributed by atoms with van der Waals surface area (Å²) < 4.78 is 8.36. The molecule has 0 aliphatic carbocycles. The molecule has 3 aromatic heterocycles. The fourth-order valence-electron chi connectivity index (χ4n) is 2.34. The van der Waals surface area contributed by atoms with Gasteiger partial charge in [-0.1, -0.05) is 0 Å². The van der Waals surface area contributed by atoms with Crippen molar-refractivity contribution in [3.8, 4) is 0 Å². The van der Waals surface area contributed by atoms with Crippen LogP contribution in [-0.2, 0) is 23.2 Å². The number of rotatable bonds is 4. The summed E-state index contributed by atoms with van der Waals surface area (Å²) in [6, 6.07) is 1.37. The minimum Gasteiger partial charge on any atom is -0.456 e. The number of ether oxygens (including phenoxy) is 1. The molecule has 3 heterocycles. The molecule has 0 amide bonds. The zero-order chi connectivity index (χ0) is 17.3. The Bertz CT molecular complexity index is 997. The predicted molar refractivity (Wildman–Crippen MR) is 90.9 cm³/mol. The number of nitrogens with zero attached hydrogens (tertiary/aromatic N) is 4. The van der Waals surface area contributed by atoms with Gasteiger partial charge in [0.15, 0.2) is 4.96 Å². The largest absolute Gasteiger partial charge is 0.456 e. The number of fused-ring (bicyclic) bond motifs is 1. The number of thiazole rings is 1. The molecule has 3 rings (SSSR count). The summed E-state index contributed by atoms with van der Waals surface area (Å²) in [7, 11) is 1.85. The molecule has 0 unspecified atom stereocenters. The maximum atomic E-state index is 11.9. The highest BCUT2D eigenvalue weighted by Gasteiger charge is 2.08. The molecule has 0 aromatic carbocycles. The molecule has 0 aliphatic rings. The van der Waals surface area contributed by atoms with Crippen LogP contribution in [0.15, 0.2) is 28.5 Å². The molecule has 124 valence electrons. The summed E-state index contributed by atoms with van der Waals surface area (Å²) >= 11 is 1.35. The summed E-state index contributed by atoms with van der Waals surface area (Å²) in [6.45, 7) is 3.77. The van der Waals surface area contributed by atoms with E-state index >= 15 is 0 Å². The van der Waals surface area contributed by atoms with Crippen LogP contribution in [0.2, 0.25) is 0 Å². The second-order valence-corrected chi connectivity index (χ2v) is 6.16. The lowest BCUT2D eigenvalue weighted by atomic mass is 10.2. The lowest BCUT2D eigenvalue weighted by Crippen LogP contribution is -2.14. The Morgan fingerprint density at radius 3 is 2.92 bits per heavy atom. The summed E-state index contributed by atoms with van der Waals surface area (Å²) in [5, 5.41) is 6.06. The van der Waals surface area contributed by atoms with E-state index in [-0.39, 0.29) is 12.2 Å². The lowest BCUT2D eigenvalue weighted by molar-refractivity contribution is -0.139. The SMILES string of the molecule is Cc1nn(C)c(C)c1/C=C/C(=O)OCc1cc(=O)n2ccsc2n1. The minimum atomic E-state index is -0.495. The molecule has 0 saturated carbocycles. The van der Waals surface area contributed by atoms with Gasteiger partial charge in [-0.15, -0.1) is 11.3 Å². The van der Waals surface area contributed by atoms with Gasteiger partial charge < -0.3 is 4.74 Å². The smallest absolute Gasteiger partial charge is 0.331 e. The van der Waals surface area contributed by atoms with Crippen LogP contribution in [0, 0.1) is 13.8 Å². The Morgan fingerprint density at radius 2 is 2.21 bits per heavy atom. The molecule has 0 bridgehead atoms. The molecule has 0 N–H and O–H groups in total. The van der Waals surface area contributed by atoms with Gasteiger partial charge in [-0.2, -0.15) is 5.10 Å². The fraction of sp³-hybridized carbons (Fsp3) is 0.250. The van der Waals surface area contributed by atoms with Gasteiger partial charge in [0.1, 0.15) is 6.61 Å². The third-order valence-electron chi connectivity index (χ3n) is 3.67. The van der Waals surface area contributed by atoms with E-state index in [0.717, 1.165) is 17.0 Å². The minimum absolute atomic E-state index is 0.0438. The van der Waals surface area contributed by atoms with E-state index in [9.17, 15) is 9.59 Å². The highest BCUT2D eigenvalue weighted by Crippen LogP contribution is 2.13. The van der Waals surface area contributed by atoms with Crippen molar-refractivity contribution in [2.24, 2.45) is 7.05 Å². The third-order valence-corrected chi connectivity index (χ3v) is 4.43. The van der Waals surface area contributed by atoms with Crippen LogP contribution >= 0.6 is 11.3 Å². The number of hydrogen-bond acceptors (Lipinski definition) is 6. The van der Waals surface area contributed by atoms with Crippen molar-refractivity contribution in [2.45, 2.75) is 20.5 Å². The van der Waals surface area contributed by atoms with Gasteiger partial charge in [0.2, 0.25) is 0 Å². The van der Waals surface area contributed by atoms with Gasteiger partial charge >= 0.3 is 5.97 Å². The molecule has 0 radical (unpaired) electrons. The van der Waals surface area contributed by atoms with Crippen LogP contribution in [0.25, 0.3) is 11.0 Å². The van der Waals surface area contributed by atoms with Crippen molar-refractivity contribution in [1.29, 1.82) is 0 Å². The molecule has 0 saturated heterocycles. The van der Waals surface area contributed by atoms with Crippen LogP contribution in [0.5, 0.6) is 0 Å². The molecule has 0 spiro atoms. The molecular weight excluding hydrogens is 328 g/mol. The van der Waals surface area contributed by atoms with Crippen molar-refractivity contribution in [1.82, 2.24) is 19.2 Å². The second kappa shape index (κ2) is 6.40. The van der Waals surface area contributed by atoms with Gasteiger partial charge in [0, 0.05) is 42.0 Å². The number of carbonyl (C=O) groups excluding carboxylic acids is 1. The van der Waals surface area contributed by atoms with Crippen LogP contribution in [-0.4, -0.2) is 25.1 Å². The maximum Gasteiger partial charge on any atom is 0.331 e. The predicted octanol–water partition coefficient (Wildman–Crippen LogP) is 1.86. The van der Waals surface area contributed by atoms with E-state index in [1.807, 2.05) is 20.9 Å². The topological polar surface area (TPSA) is 78.5 Å². The summed E-state index contributed by atoms with van der Waals surface area (Å²) in [5.41, 5.74) is 2.94. The number of hydrogen-bond donors (Lipinski definition) is 0. The van der Waals surface area contributed by atoms with Crippen LogP contribution < -0.4 is 5.56 Å². The second-order valence-electron chi connectivity index (χ2n) is 5.29. The monoisotopic (exact) mass is 344 g/mol. The highest BCUT2D eigenvalue weighted by molar-refractivity contribution is 7.15. The van der Waals surface area contributed by atoms with Crippen molar-refractivity contribution < 1.29 is 9.53 Å². The first-order chi connectivity index (χ1) is 11.5. The van der Waals surface area contributed by atoms with E-state index < -0.39 is 5.97 Å². The maximum absolute atomic E-state index is 11.9. The van der Waals surface area contributed by atoms with Crippen LogP contribution in [0.3, 0.4) is 0 Å². The molecular formula is C16H16N4O3S. The molecule has 0 aliphatic heterocycles. The lowest BCUT2D eigenvalue weighted by Gasteiger charge is -2.02. The number of carbonyl (C=O) groups is 1. The Hall–Kier alpha value is -2.74. The summed E-state index contributed by atoms with van der Waals surface area (Å²) in [4.78, 5) is 28.6. The van der Waals surface area contributed by atoms with Gasteiger partial charge in [-0.05, 0) is 19.9 Å². The van der Waals surface area contributed by atoms with E-state index in [0.29, 0.717) is 10.7 Å². The van der Waals surface area contributed by atoms with Crippen molar-refractivity contribution >= 4 is 28.3 Å². The first-order valence-corrected chi connectivity index (χ1v) is 8.14. The summed E-state index contributed by atoms with van der Waals surface area (Å²) in [5.74, 6) is -0.495. The fourth-order valence-corrected chi connectivity index (χ4v) is 3.08. The van der Waals surface area contributed by atoms with Crippen molar-refractivity contribution in [3.63, 3.8) is 0 Å².